The Hall–Kier alpha value is -2.67. The number of hydrogen-bond acceptors (Lipinski definition) is 6. The Kier molecular flexibility index (Phi) is 5.37. The van der Waals surface area contributed by atoms with Gasteiger partial charge >= 0.3 is 5.97 Å². The van der Waals surface area contributed by atoms with Crippen molar-refractivity contribution in [3.05, 3.63) is 46.3 Å². The maximum absolute atomic E-state index is 13.1. The lowest BCUT2D eigenvalue weighted by molar-refractivity contribution is -0.144. The van der Waals surface area contributed by atoms with Crippen LogP contribution in [0.3, 0.4) is 0 Å². The number of thiophene rings is 1. The summed E-state index contributed by atoms with van der Waals surface area (Å²) in [5.74, 6) is 0.330. The molecule has 136 valence electrons. The van der Waals surface area contributed by atoms with Gasteiger partial charge in [0.1, 0.15) is 16.6 Å². The summed E-state index contributed by atoms with van der Waals surface area (Å²) in [6.07, 6.45) is 1.87. The van der Waals surface area contributed by atoms with Crippen molar-refractivity contribution in [1.29, 1.82) is 0 Å². The SMILES string of the molecule is CCOc1ccc(-c2csc3ncn(C(CC)C(=O)OC)c(=O)c23)cc1. The molecule has 0 saturated heterocycles. The lowest BCUT2D eigenvalue weighted by atomic mass is 10.1. The lowest BCUT2D eigenvalue weighted by Gasteiger charge is -2.15. The molecule has 7 heteroatoms. The first-order chi connectivity index (χ1) is 12.6. The molecule has 26 heavy (non-hydrogen) atoms. The van der Waals surface area contributed by atoms with Crippen LogP contribution in [0.5, 0.6) is 5.75 Å². The number of hydrogen-bond donors (Lipinski definition) is 0. The van der Waals surface area contributed by atoms with Crippen molar-refractivity contribution in [2.45, 2.75) is 26.3 Å². The quantitative estimate of drug-likeness (QED) is 0.618. The predicted octanol–water partition coefficient (Wildman–Crippen LogP) is 3.65. The number of fused-ring (bicyclic) bond motifs is 1. The molecule has 1 aromatic carbocycles. The number of ether oxygens (including phenoxy) is 2. The molecule has 3 rings (SSSR count). The summed E-state index contributed by atoms with van der Waals surface area (Å²) in [4.78, 5) is 30.1. The molecule has 0 aliphatic carbocycles. The van der Waals surface area contributed by atoms with Gasteiger partial charge in [-0.3, -0.25) is 9.36 Å². The van der Waals surface area contributed by atoms with Crippen molar-refractivity contribution in [2.24, 2.45) is 0 Å². The van der Waals surface area contributed by atoms with Gasteiger partial charge < -0.3 is 9.47 Å². The van der Waals surface area contributed by atoms with E-state index in [1.54, 1.807) is 0 Å². The van der Waals surface area contributed by atoms with E-state index in [9.17, 15) is 9.59 Å². The standard InChI is InChI=1S/C19H20N2O4S/c1-4-15(19(23)24-3)21-11-20-17-16(18(21)22)14(10-26-17)12-6-8-13(9-7-12)25-5-2/h6-11,15H,4-5H2,1-3H3. The predicted molar refractivity (Wildman–Crippen MR) is 102 cm³/mol. The highest BCUT2D eigenvalue weighted by atomic mass is 32.1. The molecular weight excluding hydrogens is 352 g/mol. The fourth-order valence-electron chi connectivity index (χ4n) is 2.89. The zero-order valence-corrected chi connectivity index (χ0v) is 15.7. The van der Waals surface area contributed by atoms with Gasteiger partial charge in [-0.1, -0.05) is 19.1 Å². The number of nitrogens with zero attached hydrogens (tertiary/aromatic N) is 2. The molecule has 0 amide bonds. The largest absolute Gasteiger partial charge is 0.494 e. The second kappa shape index (κ2) is 7.70. The Morgan fingerprint density at radius 1 is 1.27 bits per heavy atom. The van der Waals surface area contributed by atoms with Crippen molar-refractivity contribution in [3.8, 4) is 16.9 Å². The van der Waals surface area contributed by atoms with Gasteiger partial charge in [-0.05, 0) is 31.0 Å². The molecule has 0 bridgehead atoms. The zero-order valence-electron chi connectivity index (χ0n) is 14.9. The van der Waals surface area contributed by atoms with Gasteiger partial charge in [-0.25, -0.2) is 9.78 Å². The molecule has 0 radical (unpaired) electrons. The Bertz CT molecular complexity index is 975. The van der Waals surface area contributed by atoms with Crippen LogP contribution >= 0.6 is 11.3 Å². The Labute approximate surface area is 155 Å². The topological polar surface area (TPSA) is 70.4 Å². The summed E-state index contributed by atoms with van der Waals surface area (Å²) in [7, 11) is 1.32. The molecule has 0 N–H and O–H groups in total. The van der Waals surface area contributed by atoms with E-state index in [2.05, 4.69) is 4.98 Å². The second-order valence-electron chi connectivity index (χ2n) is 5.69. The Morgan fingerprint density at radius 2 is 2.00 bits per heavy atom. The number of methoxy groups -OCH3 is 1. The van der Waals surface area contributed by atoms with Crippen molar-refractivity contribution in [1.82, 2.24) is 9.55 Å². The minimum atomic E-state index is -0.683. The maximum Gasteiger partial charge on any atom is 0.329 e. The average Bonchev–Trinajstić information content (AvgIpc) is 3.09. The highest BCUT2D eigenvalue weighted by Crippen LogP contribution is 2.32. The van der Waals surface area contributed by atoms with Crippen molar-refractivity contribution in [2.75, 3.05) is 13.7 Å². The first-order valence-corrected chi connectivity index (χ1v) is 9.28. The van der Waals surface area contributed by atoms with Crippen molar-refractivity contribution >= 4 is 27.5 Å². The van der Waals surface area contributed by atoms with E-state index in [0.717, 1.165) is 16.9 Å². The monoisotopic (exact) mass is 372 g/mol. The van der Waals surface area contributed by atoms with Gasteiger partial charge in [0, 0.05) is 10.9 Å². The minimum absolute atomic E-state index is 0.239. The Balaban J connectivity index is 2.12. The summed E-state index contributed by atoms with van der Waals surface area (Å²) in [5.41, 5.74) is 1.47. The molecule has 1 atom stereocenters. The smallest absolute Gasteiger partial charge is 0.329 e. The zero-order chi connectivity index (χ0) is 18.7. The third-order valence-electron chi connectivity index (χ3n) is 4.19. The number of carbonyl (C=O) groups excluding carboxylic acids is 1. The van der Waals surface area contributed by atoms with Crippen LogP contribution in [0.25, 0.3) is 21.3 Å². The molecule has 2 heterocycles. The first kappa shape index (κ1) is 18.1. The van der Waals surface area contributed by atoms with E-state index in [1.807, 2.05) is 43.5 Å². The molecular formula is C19H20N2O4S. The van der Waals surface area contributed by atoms with Crippen LogP contribution in [-0.4, -0.2) is 29.2 Å². The summed E-state index contributed by atoms with van der Waals surface area (Å²) < 4.78 is 11.6. The highest BCUT2D eigenvalue weighted by Gasteiger charge is 2.23. The Morgan fingerprint density at radius 3 is 2.62 bits per heavy atom. The molecule has 0 spiro atoms. The molecule has 0 saturated carbocycles. The first-order valence-electron chi connectivity index (χ1n) is 8.40. The molecule has 3 aromatic rings. The van der Waals surface area contributed by atoms with Crippen LogP contribution in [0.2, 0.25) is 0 Å². The van der Waals surface area contributed by atoms with Crippen molar-refractivity contribution in [3.63, 3.8) is 0 Å². The average molecular weight is 372 g/mol. The third kappa shape index (κ3) is 3.22. The van der Waals surface area contributed by atoms with Gasteiger partial charge in [0.05, 0.1) is 25.4 Å². The lowest BCUT2D eigenvalue weighted by Crippen LogP contribution is -2.30. The number of esters is 1. The highest BCUT2D eigenvalue weighted by molar-refractivity contribution is 7.17. The fourth-order valence-corrected chi connectivity index (χ4v) is 3.80. The van der Waals surface area contributed by atoms with Crippen LogP contribution in [0, 0.1) is 0 Å². The van der Waals surface area contributed by atoms with E-state index in [-0.39, 0.29) is 5.56 Å². The summed E-state index contributed by atoms with van der Waals surface area (Å²) in [5, 5.41) is 2.43. The molecule has 6 nitrogen and oxygen atoms in total. The number of rotatable bonds is 6. The summed E-state index contributed by atoms with van der Waals surface area (Å²) in [6, 6.07) is 6.90. The van der Waals surface area contributed by atoms with Gasteiger partial charge in [0.25, 0.3) is 5.56 Å². The van der Waals surface area contributed by atoms with Gasteiger partial charge in [0.15, 0.2) is 0 Å². The van der Waals surface area contributed by atoms with Crippen LogP contribution in [0.1, 0.15) is 26.3 Å². The van der Waals surface area contributed by atoms with Crippen molar-refractivity contribution < 1.29 is 14.3 Å². The second-order valence-corrected chi connectivity index (χ2v) is 6.55. The number of aromatic nitrogens is 2. The van der Waals surface area contributed by atoms with E-state index in [1.165, 1.54) is 29.3 Å². The van der Waals surface area contributed by atoms with E-state index < -0.39 is 12.0 Å². The van der Waals surface area contributed by atoms with Gasteiger partial charge in [0.2, 0.25) is 0 Å². The number of benzene rings is 1. The number of carbonyl (C=O) groups is 1. The van der Waals surface area contributed by atoms with E-state index in [4.69, 9.17) is 9.47 Å². The third-order valence-corrected chi connectivity index (χ3v) is 5.08. The molecule has 0 fully saturated rings. The van der Waals surface area contributed by atoms with Crippen LogP contribution in [0.15, 0.2) is 40.8 Å². The van der Waals surface area contributed by atoms with E-state index in [0.29, 0.717) is 23.2 Å². The summed E-state index contributed by atoms with van der Waals surface area (Å²) in [6.45, 7) is 4.36. The van der Waals surface area contributed by atoms with Crippen LogP contribution in [0.4, 0.5) is 0 Å². The van der Waals surface area contributed by atoms with Crippen LogP contribution in [-0.2, 0) is 9.53 Å². The molecule has 0 aliphatic rings. The van der Waals surface area contributed by atoms with Crippen LogP contribution < -0.4 is 10.3 Å². The maximum atomic E-state index is 13.1. The molecule has 0 aliphatic heterocycles. The minimum Gasteiger partial charge on any atom is -0.494 e. The van der Waals surface area contributed by atoms with E-state index >= 15 is 0 Å². The van der Waals surface area contributed by atoms with Gasteiger partial charge in [-0.2, -0.15) is 0 Å². The van der Waals surface area contributed by atoms with Gasteiger partial charge in [-0.15, -0.1) is 11.3 Å². The molecule has 2 aromatic heterocycles. The normalized spacial score (nSPS) is 12.1. The summed E-state index contributed by atoms with van der Waals surface area (Å²) >= 11 is 1.41. The molecule has 1 unspecified atom stereocenters. The fraction of sp³-hybridized carbons (Fsp3) is 0.316.